The van der Waals surface area contributed by atoms with Gasteiger partial charge in [-0.3, -0.25) is 9.59 Å². The van der Waals surface area contributed by atoms with Crippen LogP contribution >= 0.6 is 0 Å². The molecule has 0 aromatic carbocycles. The van der Waals surface area contributed by atoms with Crippen LogP contribution in [0.1, 0.15) is 43.6 Å². The Balaban J connectivity index is 2.09. The second-order valence-electron chi connectivity index (χ2n) is 5.05. The third-order valence-electron chi connectivity index (χ3n) is 3.63. The molecule has 0 N–H and O–H groups in total. The number of carbonyl (C=O) groups excluding carboxylic acids is 2. The molecule has 6 heteroatoms. The van der Waals surface area contributed by atoms with Crippen molar-refractivity contribution in [1.82, 2.24) is 10.2 Å². The molecule has 0 amide bonds. The molecule has 6 nitrogen and oxygen atoms in total. The third-order valence-corrected chi connectivity index (χ3v) is 3.63. The summed E-state index contributed by atoms with van der Waals surface area (Å²) in [6.45, 7) is 5.72. The van der Waals surface area contributed by atoms with Gasteiger partial charge in [0.15, 0.2) is 11.6 Å². The second-order valence-corrected chi connectivity index (χ2v) is 5.05. The Kier molecular flexibility index (Phi) is 5.25. The van der Waals surface area contributed by atoms with Crippen LogP contribution in [0, 0.1) is 5.92 Å². The van der Waals surface area contributed by atoms with Gasteiger partial charge in [0.05, 0.1) is 6.61 Å². The molecule has 1 aromatic heterocycles. The number of Topliss-reactive ketones (excluding diaryl/α,β-unsaturated/α-hetero) is 1. The smallest absolute Gasteiger partial charge is 0.316 e. The first-order valence-electron chi connectivity index (χ1n) is 7.46. The van der Waals surface area contributed by atoms with Crippen LogP contribution < -0.4 is 4.90 Å². The number of nitrogens with zero attached hydrogens (tertiary/aromatic N) is 3. The minimum Gasteiger partial charge on any atom is -0.465 e. The topological polar surface area (TPSA) is 72.4 Å². The molecular weight excluding hydrogens is 270 g/mol. The van der Waals surface area contributed by atoms with Crippen LogP contribution in [0.15, 0.2) is 12.1 Å². The molecule has 114 valence electrons. The number of aromatic nitrogens is 2. The molecule has 21 heavy (non-hydrogen) atoms. The summed E-state index contributed by atoms with van der Waals surface area (Å²) in [6, 6.07) is 3.44. The van der Waals surface area contributed by atoms with Crippen LogP contribution in [0.2, 0.25) is 0 Å². The van der Waals surface area contributed by atoms with Gasteiger partial charge in [0.2, 0.25) is 0 Å². The highest BCUT2D eigenvalue weighted by Gasteiger charge is 2.28. The Morgan fingerprint density at radius 1 is 1.24 bits per heavy atom. The molecule has 0 bridgehead atoms. The highest BCUT2D eigenvalue weighted by atomic mass is 16.5. The largest absolute Gasteiger partial charge is 0.465 e. The molecular formula is C15H21N3O3. The van der Waals surface area contributed by atoms with Crippen molar-refractivity contribution in [2.24, 2.45) is 5.92 Å². The average Bonchev–Trinajstić information content (AvgIpc) is 3.02. The number of anilines is 1. The summed E-state index contributed by atoms with van der Waals surface area (Å²) in [7, 11) is 0. The van der Waals surface area contributed by atoms with Gasteiger partial charge < -0.3 is 9.64 Å². The van der Waals surface area contributed by atoms with Crippen molar-refractivity contribution >= 4 is 17.6 Å². The number of ketones is 1. The summed E-state index contributed by atoms with van der Waals surface area (Å²) in [5.41, 5.74) is 0.220. The zero-order valence-electron chi connectivity index (χ0n) is 12.5. The molecule has 1 saturated heterocycles. The Morgan fingerprint density at radius 3 is 2.48 bits per heavy atom. The standard InChI is InChI=1S/C15H21N3O3/c1-3-11(15(20)21-4-2)14(19)12-7-8-13(17-16-12)18-9-5-6-10-18/h7-8,11H,3-6,9-10H2,1-2H3. The molecule has 0 saturated carbocycles. The van der Waals surface area contributed by atoms with Crippen molar-refractivity contribution in [3.63, 3.8) is 0 Å². The summed E-state index contributed by atoms with van der Waals surface area (Å²) < 4.78 is 4.93. The van der Waals surface area contributed by atoms with Crippen LogP contribution in [-0.4, -0.2) is 41.6 Å². The monoisotopic (exact) mass is 291 g/mol. The fraction of sp³-hybridized carbons (Fsp3) is 0.600. The SMILES string of the molecule is CCOC(=O)C(CC)C(=O)c1ccc(N2CCCC2)nn1. The number of ether oxygens (including phenoxy) is 1. The fourth-order valence-electron chi connectivity index (χ4n) is 2.45. The molecule has 1 fully saturated rings. The van der Waals surface area contributed by atoms with Crippen molar-refractivity contribution in [2.45, 2.75) is 33.1 Å². The van der Waals surface area contributed by atoms with Crippen LogP contribution in [-0.2, 0) is 9.53 Å². The van der Waals surface area contributed by atoms with E-state index in [2.05, 4.69) is 15.1 Å². The van der Waals surface area contributed by atoms with Gasteiger partial charge in [-0.25, -0.2) is 0 Å². The molecule has 0 radical (unpaired) electrons. The lowest BCUT2D eigenvalue weighted by Gasteiger charge is -2.16. The minimum absolute atomic E-state index is 0.220. The van der Waals surface area contributed by atoms with Crippen molar-refractivity contribution in [3.8, 4) is 0 Å². The maximum absolute atomic E-state index is 12.3. The van der Waals surface area contributed by atoms with E-state index < -0.39 is 11.9 Å². The maximum atomic E-state index is 12.3. The van der Waals surface area contributed by atoms with E-state index in [9.17, 15) is 9.59 Å². The lowest BCUT2D eigenvalue weighted by Crippen LogP contribution is -2.27. The molecule has 2 heterocycles. The molecule has 1 aliphatic heterocycles. The van der Waals surface area contributed by atoms with E-state index in [-0.39, 0.29) is 18.1 Å². The van der Waals surface area contributed by atoms with Crippen LogP contribution in [0.4, 0.5) is 5.82 Å². The van der Waals surface area contributed by atoms with E-state index in [1.165, 1.54) is 0 Å². The molecule has 0 aliphatic carbocycles. The normalized spacial score (nSPS) is 15.8. The Labute approximate surface area is 124 Å². The highest BCUT2D eigenvalue weighted by Crippen LogP contribution is 2.18. The van der Waals surface area contributed by atoms with E-state index in [0.29, 0.717) is 6.42 Å². The Bertz CT molecular complexity index is 495. The number of rotatable bonds is 6. The zero-order chi connectivity index (χ0) is 15.2. The van der Waals surface area contributed by atoms with Crippen molar-refractivity contribution < 1.29 is 14.3 Å². The highest BCUT2D eigenvalue weighted by molar-refractivity contribution is 6.07. The number of carbonyl (C=O) groups is 2. The Hall–Kier alpha value is -1.98. The van der Waals surface area contributed by atoms with E-state index >= 15 is 0 Å². The molecule has 1 unspecified atom stereocenters. The van der Waals surface area contributed by atoms with Crippen LogP contribution in [0.3, 0.4) is 0 Å². The van der Waals surface area contributed by atoms with E-state index in [1.54, 1.807) is 26.0 Å². The predicted octanol–water partition coefficient (Wildman–Crippen LogP) is 1.85. The first kappa shape index (κ1) is 15.4. The van der Waals surface area contributed by atoms with Gasteiger partial charge in [0.1, 0.15) is 11.6 Å². The minimum atomic E-state index is -0.795. The van der Waals surface area contributed by atoms with Crippen LogP contribution in [0.5, 0.6) is 0 Å². The van der Waals surface area contributed by atoms with E-state index in [4.69, 9.17) is 4.74 Å². The molecule has 1 atom stereocenters. The first-order chi connectivity index (χ1) is 10.2. The molecule has 0 spiro atoms. The number of esters is 1. The summed E-state index contributed by atoms with van der Waals surface area (Å²) in [6.07, 6.45) is 2.71. The van der Waals surface area contributed by atoms with Gasteiger partial charge in [0, 0.05) is 13.1 Å². The van der Waals surface area contributed by atoms with Crippen molar-refractivity contribution in [3.05, 3.63) is 17.8 Å². The van der Waals surface area contributed by atoms with Gasteiger partial charge in [-0.15, -0.1) is 10.2 Å². The summed E-state index contributed by atoms with van der Waals surface area (Å²) in [4.78, 5) is 26.2. The Morgan fingerprint density at radius 2 is 1.95 bits per heavy atom. The zero-order valence-corrected chi connectivity index (χ0v) is 12.5. The number of hydrogen-bond donors (Lipinski definition) is 0. The number of hydrogen-bond acceptors (Lipinski definition) is 6. The molecule has 2 rings (SSSR count). The van der Waals surface area contributed by atoms with E-state index in [0.717, 1.165) is 31.7 Å². The van der Waals surface area contributed by atoms with E-state index in [1.807, 2.05) is 0 Å². The van der Waals surface area contributed by atoms with Gasteiger partial charge in [0.25, 0.3) is 0 Å². The lowest BCUT2D eigenvalue weighted by molar-refractivity contribution is -0.146. The second kappa shape index (κ2) is 7.15. The van der Waals surface area contributed by atoms with Crippen molar-refractivity contribution in [2.75, 3.05) is 24.6 Å². The molecule has 1 aromatic rings. The summed E-state index contributed by atoms with van der Waals surface area (Å²) >= 11 is 0. The lowest BCUT2D eigenvalue weighted by atomic mass is 9.99. The van der Waals surface area contributed by atoms with Gasteiger partial charge in [-0.1, -0.05) is 6.92 Å². The fourth-order valence-corrected chi connectivity index (χ4v) is 2.45. The molecule has 1 aliphatic rings. The average molecular weight is 291 g/mol. The predicted molar refractivity (Wildman–Crippen MR) is 78.2 cm³/mol. The van der Waals surface area contributed by atoms with Gasteiger partial charge in [-0.05, 0) is 38.3 Å². The summed E-state index contributed by atoms with van der Waals surface area (Å²) in [5, 5.41) is 8.09. The quantitative estimate of drug-likeness (QED) is 0.452. The first-order valence-corrected chi connectivity index (χ1v) is 7.46. The maximum Gasteiger partial charge on any atom is 0.316 e. The van der Waals surface area contributed by atoms with Crippen LogP contribution in [0.25, 0.3) is 0 Å². The third kappa shape index (κ3) is 3.56. The van der Waals surface area contributed by atoms with Gasteiger partial charge in [-0.2, -0.15) is 0 Å². The van der Waals surface area contributed by atoms with Gasteiger partial charge >= 0.3 is 5.97 Å². The van der Waals surface area contributed by atoms with Crippen molar-refractivity contribution in [1.29, 1.82) is 0 Å². The summed E-state index contributed by atoms with van der Waals surface area (Å²) in [5.74, 6) is -0.822.